The van der Waals surface area contributed by atoms with Crippen molar-refractivity contribution in [1.82, 2.24) is 0 Å². The molecule has 1 fully saturated rings. The molecule has 1 aliphatic rings. The monoisotopic (exact) mass is 262 g/mol. The summed E-state index contributed by atoms with van der Waals surface area (Å²) in [6.45, 7) is -0.819. The van der Waals surface area contributed by atoms with E-state index in [1.165, 1.54) is 0 Å². The average Bonchev–Trinajstić information content (AvgIpc) is 2.43. The van der Waals surface area contributed by atoms with Crippen LogP contribution in [0, 0.1) is 0 Å². The molecule has 0 aromatic carbocycles. The number of ether oxygens (including phenoxy) is 1. The van der Waals surface area contributed by atoms with Gasteiger partial charge in [-0.05, 0) is 0 Å². The molecule has 1 saturated heterocycles. The molecule has 0 radical (unpaired) electrons. The summed E-state index contributed by atoms with van der Waals surface area (Å²) in [5.74, 6) is 0. The minimum atomic E-state index is -4.94. The molecule has 0 aliphatic carbocycles. The first-order chi connectivity index (χ1) is 7.26. The van der Waals surface area contributed by atoms with Crippen LogP contribution in [-0.2, 0) is 13.8 Å². The van der Waals surface area contributed by atoms with Gasteiger partial charge in [0.05, 0.1) is 6.61 Å². The lowest BCUT2D eigenvalue weighted by atomic mass is 10.1. The molecule has 0 saturated carbocycles. The van der Waals surface area contributed by atoms with Crippen molar-refractivity contribution in [3.8, 4) is 0 Å². The summed E-state index contributed by atoms with van der Waals surface area (Å²) in [5, 5.41) is 26.8. The molecule has 5 atom stereocenters. The molecule has 1 heterocycles. The minimum Gasteiger partial charge on any atom is -0.394 e. The van der Waals surface area contributed by atoms with Crippen molar-refractivity contribution >= 4 is 7.82 Å². The van der Waals surface area contributed by atoms with Gasteiger partial charge in [0.2, 0.25) is 0 Å². The van der Waals surface area contributed by atoms with Gasteiger partial charge in [-0.1, -0.05) is 0 Å². The van der Waals surface area contributed by atoms with Crippen LogP contribution in [0.15, 0.2) is 0 Å². The zero-order valence-corrected chi connectivity index (χ0v) is 8.77. The smallest absolute Gasteiger partial charge is 0.394 e. The zero-order valence-electron chi connectivity index (χ0n) is 7.88. The van der Waals surface area contributed by atoms with Gasteiger partial charge in [-0.25, -0.2) is 8.96 Å². The number of alkyl halides is 1. The summed E-state index contributed by atoms with van der Waals surface area (Å²) in [6, 6.07) is 0. The lowest BCUT2D eigenvalue weighted by molar-refractivity contribution is -0.143. The molecule has 0 aromatic rings. The van der Waals surface area contributed by atoms with E-state index >= 15 is 0 Å². The topological polar surface area (TPSA) is 137 Å². The Morgan fingerprint density at radius 1 is 1.50 bits per heavy atom. The van der Waals surface area contributed by atoms with Crippen LogP contribution < -0.4 is 0 Å². The summed E-state index contributed by atoms with van der Waals surface area (Å²) in [7, 11) is -4.94. The van der Waals surface area contributed by atoms with Gasteiger partial charge < -0.3 is 29.8 Å². The Morgan fingerprint density at radius 2 is 2.06 bits per heavy atom. The standard InChI is InChI=1S/C6H12FO8P/c7-3-4(10)6(15-16(11,12)13)14-5(3)2(9)1-8/h2-6,8-10H,1H2,(H2,11,12,13)/t2-,3-,4-,5+,6-/m1/s1. The molecule has 8 nitrogen and oxygen atoms in total. The van der Waals surface area contributed by atoms with Crippen molar-refractivity contribution in [1.29, 1.82) is 0 Å². The molecule has 0 spiro atoms. The number of aliphatic hydroxyl groups excluding tert-OH is 3. The van der Waals surface area contributed by atoms with Gasteiger partial charge in [-0.15, -0.1) is 0 Å². The summed E-state index contributed by atoms with van der Waals surface area (Å²) in [6.07, 6.45) is -9.16. The first kappa shape index (κ1) is 13.9. The van der Waals surface area contributed by atoms with Crippen molar-refractivity contribution in [2.24, 2.45) is 0 Å². The van der Waals surface area contributed by atoms with Crippen LogP contribution >= 0.6 is 7.82 Å². The molecule has 1 rings (SSSR count). The van der Waals surface area contributed by atoms with Crippen LogP contribution in [0.2, 0.25) is 0 Å². The number of halogens is 1. The normalized spacial score (nSPS) is 37.6. The van der Waals surface area contributed by atoms with Crippen molar-refractivity contribution in [2.45, 2.75) is 30.8 Å². The number of hydrogen-bond acceptors (Lipinski definition) is 6. The lowest BCUT2D eigenvalue weighted by Gasteiger charge is -2.17. The van der Waals surface area contributed by atoms with E-state index in [1.807, 2.05) is 0 Å². The maximum atomic E-state index is 13.3. The Hall–Kier alpha value is -0.120. The van der Waals surface area contributed by atoms with E-state index in [9.17, 15) is 14.1 Å². The molecule has 0 unspecified atom stereocenters. The second kappa shape index (κ2) is 5.03. The van der Waals surface area contributed by atoms with E-state index in [-0.39, 0.29) is 0 Å². The lowest BCUT2D eigenvalue weighted by Crippen LogP contribution is -2.37. The predicted molar refractivity (Wildman–Crippen MR) is 45.8 cm³/mol. The van der Waals surface area contributed by atoms with E-state index in [0.717, 1.165) is 0 Å². The first-order valence-corrected chi connectivity index (χ1v) is 5.79. The van der Waals surface area contributed by atoms with Gasteiger partial charge in [-0.3, -0.25) is 4.52 Å². The van der Waals surface area contributed by atoms with Gasteiger partial charge in [0.25, 0.3) is 0 Å². The van der Waals surface area contributed by atoms with Gasteiger partial charge in [0.1, 0.15) is 18.3 Å². The fourth-order valence-corrected chi connectivity index (χ4v) is 1.73. The van der Waals surface area contributed by atoms with Gasteiger partial charge in [0, 0.05) is 0 Å². The Kier molecular flexibility index (Phi) is 4.38. The largest absolute Gasteiger partial charge is 0.472 e. The summed E-state index contributed by atoms with van der Waals surface area (Å²) in [4.78, 5) is 16.9. The maximum absolute atomic E-state index is 13.3. The van der Waals surface area contributed by atoms with Crippen LogP contribution in [-0.4, -0.2) is 62.5 Å². The predicted octanol–water partition coefficient (Wildman–Crippen LogP) is -2.13. The molecular weight excluding hydrogens is 250 g/mol. The van der Waals surface area contributed by atoms with Gasteiger partial charge >= 0.3 is 7.82 Å². The number of phosphoric ester groups is 1. The number of rotatable bonds is 4. The third-order valence-corrected chi connectivity index (χ3v) is 2.50. The molecule has 5 N–H and O–H groups in total. The molecule has 10 heteroatoms. The van der Waals surface area contributed by atoms with Crippen molar-refractivity contribution in [3.05, 3.63) is 0 Å². The van der Waals surface area contributed by atoms with Crippen molar-refractivity contribution in [2.75, 3.05) is 6.61 Å². The quantitative estimate of drug-likeness (QED) is 0.362. The van der Waals surface area contributed by atoms with Crippen molar-refractivity contribution in [3.63, 3.8) is 0 Å². The molecule has 1 aliphatic heterocycles. The summed E-state index contributed by atoms with van der Waals surface area (Å²) < 4.78 is 32.2. The Balaban J connectivity index is 2.68. The third-order valence-electron chi connectivity index (χ3n) is 2.02. The van der Waals surface area contributed by atoms with E-state index in [1.54, 1.807) is 0 Å². The first-order valence-electron chi connectivity index (χ1n) is 4.26. The average molecular weight is 262 g/mol. The molecule has 0 bridgehead atoms. The highest BCUT2D eigenvalue weighted by molar-refractivity contribution is 7.46. The molecule has 16 heavy (non-hydrogen) atoms. The van der Waals surface area contributed by atoms with Gasteiger partial charge in [-0.2, -0.15) is 0 Å². The molecule has 96 valence electrons. The number of phosphoric acid groups is 1. The summed E-state index contributed by atoms with van der Waals surface area (Å²) in [5.41, 5.74) is 0. The van der Waals surface area contributed by atoms with Crippen LogP contribution in [0.3, 0.4) is 0 Å². The van der Waals surface area contributed by atoms with E-state index in [2.05, 4.69) is 9.26 Å². The SMILES string of the molecule is O=P(O)(O)O[C@H]1O[C@@H]([C@H](O)CO)[C@H](F)[C@H]1O. The Morgan fingerprint density at radius 3 is 2.50 bits per heavy atom. The Labute approximate surface area is 89.5 Å². The zero-order chi connectivity index (χ0) is 12.5. The fraction of sp³-hybridized carbons (Fsp3) is 1.00. The van der Waals surface area contributed by atoms with Crippen LogP contribution in [0.1, 0.15) is 0 Å². The minimum absolute atomic E-state index is 0.819. The van der Waals surface area contributed by atoms with Gasteiger partial charge in [0.15, 0.2) is 12.5 Å². The number of aliphatic hydroxyl groups is 3. The van der Waals surface area contributed by atoms with E-state index in [4.69, 9.17) is 20.0 Å². The highest BCUT2D eigenvalue weighted by atomic mass is 31.2. The second-order valence-electron chi connectivity index (χ2n) is 3.25. The third kappa shape index (κ3) is 3.19. The molecular formula is C6H12FO8P. The van der Waals surface area contributed by atoms with E-state index < -0.39 is 45.2 Å². The highest BCUT2D eigenvalue weighted by Crippen LogP contribution is 2.41. The molecule has 0 aromatic heterocycles. The Bertz CT molecular complexity index is 282. The maximum Gasteiger partial charge on any atom is 0.472 e. The van der Waals surface area contributed by atoms with Crippen LogP contribution in [0.4, 0.5) is 4.39 Å². The van der Waals surface area contributed by atoms with Crippen molar-refractivity contribution < 1.29 is 43.3 Å². The van der Waals surface area contributed by atoms with Crippen LogP contribution in [0.25, 0.3) is 0 Å². The van der Waals surface area contributed by atoms with E-state index in [0.29, 0.717) is 0 Å². The number of hydrogen-bond donors (Lipinski definition) is 5. The molecule has 0 amide bonds. The van der Waals surface area contributed by atoms with Crippen LogP contribution in [0.5, 0.6) is 0 Å². The summed E-state index contributed by atoms with van der Waals surface area (Å²) >= 11 is 0. The highest BCUT2D eigenvalue weighted by Gasteiger charge is 2.49. The second-order valence-corrected chi connectivity index (χ2v) is 4.44. The fourth-order valence-electron chi connectivity index (χ4n) is 1.28.